The molecule has 0 aliphatic heterocycles. The van der Waals surface area contributed by atoms with Crippen LogP contribution >= 0.6 is 35.7 Å². The average molecular weight is 439 g/mol. The third-order valence-electron chi connectivity index (χ3n) is 2.99. The molecule has 0 fully saturated rings. The lowest BCUT2D eigenvalue weighted by Crippen LogP contribution is -2.37. The first-order chi connectivity index (χ1) is 10.3. The zero-order valence-corrected chi connectivity index (χ0v) is 17.1. The maximum Gasteiger partial charge on any atom is 0.191 e. The minimum Gasteiger partial charge on any atom is -0.357 e. The van der Waals surface area contributed by atoms with E-state index < -0.39 is 0 Å². The molecule has 1 aromatic rings. The number of thioether (sulfide) groups is 1. The number of hydrogen-bond acceptors (Lipinski definition) is 3. The van der Waals surface area contributed by atoms with Crippen LogP contribution in [-0.4, -0.2) is 47.4 Å². The molecular formula is C15H30IN5S. The van der Waals surface area contributed by atoms with Crippen molar-refractivity contribution in [1.29, 1.82) is 0 Å². The Bertz CT molecular complexity index is 408. The van der Waals surface area contributed by atoms with Gasteiger partial charge in [-0.1, -0.05) is 0 Å². The van der Waals surface area contributed by atoms with Crippen molar-refractivity contribution < 1.29 is 0 Å². The number of guanidine groups is 1. The molecular weight excluding hydrogens is 409 g/mol. The topological polar surface area (TPSA) is 54.2 Å². The van der Waals surface area contributed by atoms with E-state index in [0.717, 1.165) is 38.6 Å². The number of unbranched alkanes of at least 4 members (excludes halogenated alkanes) is 1. The van der Waals surface area contributed by atoms with E-state index in [4.69, 9.17) is 0 Å². The lowest BCUT2D eigenvalue weighted by molar-refractivity contribution is 0.583. The smallest absolute Gasteiger partial charge is 0.191 e. The van der Waals surface area contributed by atoms with E-state index in [9.17, 15) is 0 Å². The van der Waals surface area contributed by atoms with Crippen molar-refractivity contribution in [2.75, 3.05) is 31.6 Å². The maximum absolute atomic E-state index is 4.60. The zero-order valence-electron chi connectivity index (χ0n) is 14.0. The third-order valence-corrected chi connectivity index (χ3v) is 3.69. The van der Waals surface area contributed by atoms with Gasteiger partial charge in [-0.15, -0.1) is 24.0 Å². The molecule has 5 nitrogen and oxygen atoms in total. The second kappa shape index (κ2) is 14.2. The van der Waals surface area contributed by atoms with Crippen molar-refractivity contribution >= 4 is 41.7 Å². The monoisotopic (exact) mass is 439 g/mol. The fourth-order valence-corrected chi connectivity index (χ4v) is 2.43. The maximum atomic E-state index is 4.60. The van der Waals surface area contributed by atoms with Crippen molar-refractivity contribution in [3.8, 4) is 0 Å². The zero-order chi connectivity index (χ0) is 15.3. The summed E-state index contributed by atoms with van der Waals surface area (Å²) in [7, 11) is 0. The number of aliphatic imine (C=N–C) groups is 1. The Morgan fingerprint density at radius 1 is 1.32 bits per heavy atom. The number of hydrogen-bond donors (Lipinski definition) is 2. The molecule has 0 saturated carbocycles. The van der Waals surface area contributed by atoms with Crippen molar-refractivity contribution in [3.63, 3.8) is 0 Å². The van der Waals surface area contributed by atoms with Gasteiger partial charge in [-0.2, -0.15) is 16.9 Å². The van der Waals surface area contributed by atoms with Gasteiger partial charge in [0.25, 0.3) is 0 Å². The first kappa shape index (κ1) is 21.6. The van der Waals surface area contributed by atoms with E-state index >= 15 is 0 Å². The van der Waals surface area contributed by atoms with Gasteiger partial charge >= 0.3 is 0 Å². The second-order valence-electron chi connectivity index (χ2n) is 5.02. The number of aromatic nitrogens is 2. The molecule has 0 saturated heterocycles. The van der Waals surface area contributed by atoms with E-state index in [1.807, 2.05) is 22.6 Å². The van der Waals surface area contributed by atoms with Crippen LogP contribution in [0, 0.1) is 6.92 Å². The number of aryl methyl sites for hydroxylation is 2. The predicted octanol–water partition coefficient (Wildman–Crippen LogP) is 2.90. The quantitative estimate of drug-likeness (QED) is 0.255. The molecule has 7 heteroatoms. The van der Waals surface area contributed by atoms with Crippen LogP contribution in [-0.2, 0) is 6.54 Å². The van der Waals surface area contributed by atoms with E-state index in [2.05, 4.69) is 47.0 Å². The number of halogens is 1. The van der Waals surface area contributed by atoms with Crippen LogP contribution in [0.5, 0.6) is 0 Å². The van der Waals surface area contributed by atoms with Gasteiger partial charge in [0.05, 0.1) is 6.20 Å². The van der Waals surface area contributed by atoms with Gasteiger partial charge in [-0.25, -0.2) is 0 Å². The molecule has 0 aliphatic carbocycles. The van der Waals surface area contributed by atoms with Crippen LogP contribution in [0.1, 0.15) is 31.7 Å². The molecule has 0 atom stereocenters. The van der Waals surface area contributed by atoms with Crippen LogP contribution in [0.2, 0.25) is 0 Å². The fraction of sp³-hybridized carbons (Fsp3) is 0.733. The Labute approximate surface area is 156 Å². The number of nitrogens with one attached hydrogen (secondary N) is 2. The van der Waals surface area contributed by atoms with Gasteiger partial charge in [0.1, 0.15) is 0 Å². The van der Waals surface area contributed by atoms with Crippen LogP contribution in [0.4, 0.5) is 0 Å². The lowest BCUT2D eigenvalue weighted by Gasteiger charge is -2.11. The Hall–Kier alpha value is -0.440. The molecule has 0 unspecified atom stereocenters. The Morgan fingerprint density at radius 3 is 2.77 bits per heavy atom. The summed E-state index contributed by atoms with van der Waals surface area (Å²) in [6.07, 6.45) is 9.57. The summed E-state index contributed by atoms with van der Waals surface area (Å²) in [6.45, 7) is 7.78. The van der Waals surface area contributed by atoms with Crippen molar-refractivity contribution in [3.05, 3.63) is 18.0 Å². The average Bonchev–Trinajstić information content (AvgIpc) is 2.88. The Kier molecular flexibility index (Phi) is 13.9. The van der Waals surface area contributed by atoms with Gasteiger partial charge < -0.3 is 10.6 Å². The molecule has 128 valence electrons. The molecule has 1 rings (SSSR count). The van der Waals surface area contributed by atoms with E-state index in [1.54, 1.807) is 0 Å². The summed E-state index contributed by atoms with van der Waals surface area (Å²) in [4.78, 5) is 4.60. The standard InChI is InChI=1S/C15H29N5S.HI/c1-4-16-15(17-8-5-6-11-21-3)18-9-7-10-20-13-14(2)12-19-20;/h12-13H,4-11H2,1-3H3,(H2,16,17,18);1H. The Balaban J connectivity index is 0.00000441. The summed E-state index contributed by atoms with van der Waals surface area (Å²) < 4.78 is 1.98. The number of rotatable bonds is 10. The highest BCUT2D eigenvalue weighted by atomic mass is 127. The Morgan fingerprint density at radius 2 is 2.14 bits per heavy atom. The molecule has 0 bridgehead atoms. The van der Waals surface area contributed by atoms with Gasteiger partial charge in [0, 0.05) is 32.4 Å². The molecule has 0 aliphatic rings. The summed E-state index contributed by atoms with van der Waals surface area (Å²) in [5.74, 6) is 2.16. The van der Waals surface area contributed by atoms with Crippen molar-refractivity contribution in [2.45, 2.75) is 39.7 Å². The van der Waals surface area contributed by atoms with Crippen LogP contribution < -0.4 is 10.6 Å². The van der Waals surface area contributed by atoms with Gasteiger partial charge in [0.15, 0.2) is 5.96 Å². The van der Waals surface area contributed by atoms with Crippen LogP contribution in [0.15, 0.2) is 17.4 Å². The van der Waals surface area contributed by atoms with Gasteiger partial charge in [-0.05, 0) is 50.7 Å². The molecule has 0 amide bonds. The summed E-state index contributed by atoms with van der Waals surface area (Å²) in [5.41, 5.74) is 1.21. The van der Waals surface area contributed by atoms with Gasteiger partial charge in [0.2, 0.25) is 0 Å². The van der Waals surface area contributed by atoms with E-state index in [-0.39, 0.29) is 24.0 Å². The first-order valence-electron chi connectivity index (χ1n) is 7.76. The summed E-state index contributed by atoms with van der Waals surface area (Å²) in [6, 6.07) is 0. The first-order valence-corrected chi connectivity index (χ1v) is 9.15. The minimum absolute atomic E-state index is 0. The summed E-state index contributed by atoms with van der Waals surface area (Å²) in [5, 5.41) is 11.0. The molecule has 1 aromatic heterocycles. The van der Waals surface area contributed by atoms with Crippen LogP contribution in [0.3, 0.4) is 0 Å². The highest BCUT2D eigenvalue weighted by Crippen LogP contribution is 1.98. The van der Waals surface area contributed by atoms with Crippen LogP contribution in [0.25, 0.3) is 0 Å². The number of nitrogens with zero attached hydrogens (tertiary/aromatic N) is 3. The van der Waals surface area contributed by atoms with E-state index in [0.29, 0.717) is 0 Å². The highest BCUT2D eigenvalue weighted by molar-refractivity contribution is 14.0. The van der Waals surface area contributed by atoms with E-state index in [1.165, 1.54) is 24.2 Å². The lowest BCUT2D eigenvalue weighted by atomic mass is 10.3. The SMILES string of the molecule is CCNC(=NCCCn1cc(C)cn1)NCCCCSC.I. The normalized spacial score (nSPS) is 11.1. The third kappa shape index (κ3) is 10.3. The molecule has 2 N–H and O–H groups in total. The highest BCUT2D eigenvalue weighted by Gasteiger charge is 1.97. The molecule has 0 spiro atoms. The van der Waals surface area contributed by atoms with Crippen molar-refractivity contribution in [1.82, 2.24) is 20.4 Å². The summed E-state index contributed by atoms with van der Waals surface area (Å²) >= 11 is 1.91. The predicted molar refractivity (Wildman–Crippen MR) is 109 cm³/mol. The van der Waals surface area contributed by atoms with Crippen molar-refractivity contribution in [2.24, 2.45) is 4.99 Å². The molecule has 0 radical (unpaired) electrons. The minimum atomic E-state index is 0. The molecule has 0 aromatic carbocycles. The van der Waals surface area contributed by atoms with Gasteiger partial charge in [-0.3, -0.25) is 9.67 Å². The second-order valence-corrected chi connectivity index (χ2v) is 6.01. The molecule has 1 heterocycles. The largest absolute Gasteiger partial charge is 0.357 e. The molecule has 22 heavy (non-hydrogen) atoms. The fourth-order valence-electron chi connectivity index (χ4n) is 1.93.